The van der Waals surface area contributed by atoms with Gasteiger partial charge in [0.2, 0.25) is 0 Å². The molecule has 0 bridgehead atoms. The molecule has 1 aliphatic rings. The number of rotatable bonds is 1. The van der Waals surface area contributed by atoms with Crippen molar-refractivity contribution in [2.45, 2.75) is 6.10 Å². The largest absolute Gasteiger partial charge is 0.439 e. The second-order valence-corrected chi connectivity index (χ2v) is 2.90. The first-order valence-electron chi connectivity index (χ1n) is 4.06. The molecular formula is C9H10N2O2. The molecule has 1 saturated heterocycles. The van der Waals surface area contributed by atoms with Crippen LogP contribution in [-0.2, 0) is 4.74 Å². The Labute approximate surface area is 75.7 Å². The average Bonchev–Trinajstić information content (AvgIpc) is 2.53. The molecule has 0 aromatic heterocycles. The Bertz CT molecular complexity index is 338. The number of hydrogen-bond acceptors (Lipinski definition) is 3. The minimum absolute atomic E-state index is 0.242. The summed E-state index contributed by atoms with van der Waals surface area (Å²) in [4.78, 5) is 10.8. The van der Waals surface area contributed by atoms with Gasteiger partial charge in [0.05, 0.1) is 6.54 Å². The van der Waals surface area contributed by atoms with Crippen LogP contribution in [0, 0.1) is 0 Å². The molecule has 1 atom stereocenters. The van der Waals surface area contributed by atoms with Crippen molar-refractivity contribution in [3.05, 3.63) is 29.8 Å². The predicted octanol–water partition coefficient (Wildman–Crippen LogP) is 1.05. The number of nitrogens with one attached hydrogen (secondary N) is 1. The Kier molecular flexibility index (Phi) is 1.81. The van der Waals surface area contributed by atoms with Crippen molar-refractivity contribution in [1.82, 2.24) is 5.32 Å². The van der Waals surface area contributed by atoms with Crippen molar-refractivity contribution in [2.75, 3.05) is 12.3 Å². The summed E-state index contributed by atoms with van der Waals surface area (Å²) in [5.41, 5.74) is 7.25. The van der Waals surface area contributed by atoms with Crippen LogP contribution in [-0.4, -0.2) is 12.6 Å². The number of nitrogens with two attached hydrogens (primary N) is 1. The molecule has 68 valence electrons. The van der Waals surface area contributed by atoms with Gasteiger partial charge in [-0.2, -0.15) is 0 Å². The van der Waals surface area contributed by atoms with Gasteiger partial charge >= 0.3 is 6.09 Å². The topological polar surface area (TPSA) is 64.3 Å². The third kappa shape index (κ3) is 1.42. The zero-order chi connectivity index (χ0) is 9.26. The number of anilines is 1. The number of para-hydroxylation sites is 1. The highest BCUT2D eigenvalue weighted by Crippen LogP contribution is 2.25. The minimum atomic E-state index is -0.381. The Morgan fingerprint density at radius 1 is 1.46 bits per heavy atom. The summed E-state index contributed by atoms with van der Waals surface area (Å²) in [6, 6.07) is 7.38. The maximum atomic E-state index is 10.8. The van der Waals surface area contributed by atoms with Crippen LogP contribution in [0.3, 0.4) is 0 Å². The highest BCUT2D eigenvalue weighted by Gasteiger charge is 2.25. The summed E-state index contributed by atoms with van der Waals surface area (Å²) in [5.74, 6) is 0. The summed E-state index contributed by atoms with van der Waals surface area (Å²) in [5, 5.41) is 2.58. The lowest BCUT2D eigenvalue weighted by Gasteiger charge is -2.09. The number of benzene rings is 1. The van der Waals surface area contributed by atoms with E-state index in [2.05, 4.69) is 5.32 Å². The number of amides is 1. The molecule has 1 aliphatic heterocycles. The second kappa shape index (κ2) is 2.97. The van der Waals surface area contributed by atoms with E-state index >= 15 is 0 Å². The zero-order valence-corrected chi connectivity index (χ0v) is 6.99. The van der Waals surface area contributed by atoms with Gasteiger partial charge in [0.15, 0.2) is 0 Å². The van der Waals surface area contributed by atoms with E-state index in [9.17, 15) is 4.79 Å². The first-order valence-corrected chi connectivity index (χ1v) is 4.06. The fourth-order valence-corrected chi connectivity index (χ4v) is 1.37. The molecule has 3 N–H and O–H groups in total. The van der Waals surface area contributed by atoms with Crippen LogP contribution in [0.2, 0.25) is 0 Å². The molecule has 4 nitrogen and oxygen atoms in total. The van der Waals surface area contributed by atoms with Gasteiger partial charge in [-0.1, -0.05) is 18.2 Å². The summed E-state index contributed by atoms with van der Waals surface area (Å²) >= 11 is 0. The lowest BCUT2D eigenvalue weighted by atomic mass is 10.1. The van der Waals surface area contributed by atoms with Gasteiger partial charge < -0.3 is 15.8 Å². The molecule has 1 heterocycles. The quantitative estimate of drug-likeness (QED) is 0.632. The fourth-order valence-electron chi connectivity index (χ4n) is 1.37. The number of carbonyl (C=O) groups excluding carboxylic acids is 1. The Hall–Kier alpha value is -1.71. The highest BCUT2D eigenvalue weighted by atomic mass is 16.6. The van der Waals surface area contributed by atoms with Crippen LogP contribution in [0.5, 0.6) is 0 Å². The van der Waals surface area contributed by atoms with E-state index in [-0.39, 0.29) is 12.2 Å². The number of alkyl carbamates (subject to hydrolysis) is 1. The average molecular weight is 178 g/mol. The monoisotopic (exact) mass is 178 g/mol. The molecule has 0 aliphatic carbocycles. The van der Waals surface area contributed by atoms with Crippen LogP contribution >= 0.6 is 0 Å². The Morgan fingerprint density at radius 2 is 2.23 bits per heavy atom. The molecule has 1 amide bonds. The van der Waals surface area contributed by atoms with Crippen LogP contribution in [0.15, 0.2) is 24.3 Å². The first-order chi connectivity index (χ1) is 6.27. The molecular weight excluding hydrogens is 168 g/mol. The molecule has 4 heteroatoms. The lowest BCUT2D eigenvalue weighted by Crippen LogP contribution is -2.12. The first kappa shape index (κ1) is 7.91. The maximum absolute atomic E-state index is 10.8. The molecule has 1 aromatic rings. The number of cyclic esters (lactones) is 1. The molecule has 1 fully saturated rings. The van der Waals surface area contributed by atoms with Gasteiger partial charge in [-0.25, -0.2) is 4.79 Å². The van der Waals surface area contributed by atoms with E-state index in [0.717, 1.165) is 5.56 Å². The van der Waals surface area contributed by atoms with Crippen LogP contribution in [0.4, 0.5) is 10.5 Å². The molecule has 1 aromatic carbocycles. The van der Waals surface area contributed by atoms with Crippen molar-refractivity contribution in [3.8, 4) is 0 Å². The number of nitrogen functional groups attached to an aromatic ring is 1. The van der Waals surface area contributed by atoms with Gasteiger partial charge in [0.1, 0.15) is 6.10 Å². The van der Waals surface area contributed by atoms with Gasteiger partial charge in [0, 0.05) is 11.3 Å². The number of hydrogen-bond donors (Lipinski definition) is 2. The van der Waals surface area contributed by atoms with Crippen molar-refractivity contribution in [2.24, 2.45) is 0 Å². The fraction of sp³-hybridized carbons (Fsp3) is 0.222. The maximum Gasteiger partial charge on any atom is 0.407 e. The molecule has 13 heavy (non-hydrogen) atoms. The standard InChI is InChI=1S/C9H10N2O2/c10-7-4-2-1-3-6(7)8-5-11-9(12)13-8/h1-4,8H,5,10H2,(H,11,12). The van der Waals surface area contributed by atoms with Crippen molar-refractivity contribution < 1.29 is 9.53 Å². The summed E-state index contributed by atoms with van der Waals surface area (Å²) in [6.07, 6.45) is -0.623. The molecule has 1 unspecified atom stereocenters. The van der Waals surface area contributed by atoms with E-state index in [1.165, 1.54) is 0 Å². The highest BCUT2D eigenvalue weighted by molar-refractivity contribution is 5.70. The molecule has 0 saturated carbocycles. The van der Waals surface area contributed by atoms with Gasteiger partial charge in [-0.05, 0) is 6.07 Å². The Morgan fingerprint density at radius 3 is 2.85 bits per heavy atom. The van der Waals surface area contributed by atoms with Gasteiger partial charge in [-0.15, -0.1) is 0 Å². The van der Waals surface area contributed by atoms with Crippen LogP contribution in [0.1, 0.15) is 11.7 Å². The Balaban J connectivity index is 2.26. The van der Waals surface area contributed by atoms with Crippen molar-refractivity contribution in [3.63, 3.8) is 0 Å². The lowest BCUT2D eigenvalue weighted by molar-refractivity contribution is 0.141. The van der Waals surface area contributed by atoms with E-state index in [4.69, 9.17) is 10.5 Å². The smallest absolute Gasteiger partial charge is 0.407 e. The molecule has 0 spiro atoms. The van der Waals surface area contributed by atoms with E-state index in [1.54, 1.807) is 6.07 Å². The summed E-state index contributed by atoms with van der Waals surface area (Å²) in [7, 11) is 0. The van der Waals surface area contributed by atoms with Crippen molar-refractivity contribution in [1.29, 1.82) is 0 Å². The predicted molar refractivity (Wildman–Crippen MR) is 48.1 cm³/mol. The van der Waals surface area contributed by atoms with Crippen molar-refractivity contribution >= 4 is 11.8 Å². The minimum Gasteiger partial charge on any atom is -0.439 e. The zero-order valence-electron chi connectivity index (χ0n) is 6.99. The van der Waals surface area contributed by atoms with E-state index in [1.807, 2.05) is 18.2 Å². The molecule has 0 radical (unpaired) electrons. The van der Waals surface area contributed by atoms with Crippen LogP contribution in [0.25, 0.3) is 0 Å². The van der Waals surface area contributed by atoms with E-state index < -0.39 is 0 Å². The SMILES string of the molecule is Nc1ccccc1C1CNC(=O)O1. The van der Waals surface area contributed by atoms with Gasteiger partial charge in [0.25, 0.3) is 0 Å². The third-order valence-electron chi connectivity index (χ3n) is 2.02. The second-order valence-electron chi connectivity index (χ2n) is 2.90. The molecule has 2 rings (SSSR count). The number of carbonyl (C=O) groups is 1. The summed E-state index contributed by atoms with van der Waals surface area (Å²) in [6.45, 7) is 0.493. The summed E-state index contributed by atoms with van der Waals surface area (Å²) < 4.78 is 5.00. The number of ether oxygens (including phenoxy) is 1. The normalized spacial score (nSPS) is 20.9. The van der Waals surface area contributed by atoms with E-state index in [0.29, 0.717) is 12.2 Å². The van der Waals surface area contributed by atoms with Crippen LogP contribution < -0.4 is 11.1 Å². The van der Waals surface area contributed by atoms with Gasteiger partial charge in [-0.3, -0.25) is 0 Å². The third-order valence-corrected chi connectivity index (χ3v) is 2.02.